The zero-order valence-electron chi connectivity index (χ0n) is 10.7. The van der Waals surface area contributed by atoms with E-state index >= 15 is 0 Å². The molecule has 0 aromatic heterocycles. The standard InChI is InChI=1S/C14H28/c1-5-14(6-2)11-7-9-13(3,4)10-8-12-14/h5-12H2,1-4H3. The van der Waals surface area contributed by atoms with Crippen LogP contribution in [0.3, 0.4) is 0 Å². The highest BCUT2D eigenvalue weighted by Crippen LogP contribution is 2.43. The van der Waals surface area contributed by atoms with E-state index < -0.39 is 0 Å². The number of hydrogen-bond acceptors (Lipinski definition) is 0. The van der Waals surface area contributed by atoms with Crippen molar-refractivity contribution in [2.24, 2.45) is 10.8 Å². The quantitative estimate of drug-likeness (QED) is 0.571. The van der Waals surface area contributed by atoms with Crippen LogP contribution in [-0.2, 0) is 0 Å². The molecule has 0 nitrogen and oxygen atoms in total. The molecule has 0 unspecified atom stereocenters. The lowest BCUT2D eigenvalue weighted by Gasteiger charge is -2.37. The van der Waals surface area contributed by atoms with Gasteiger partial charge in [0.1, 0.15) is 0 Å². The maximum Gasteiger partial charge on any atom is -0.0303 e. The van der Waals surface area contributed by atoms with Crippen molar-refractivity contribution in [1.29, 1.82) is 0 Å². The van der Waals surface area contributed by atoms with Crippen molar-refractivity contribution < 1.29 is 0 Å². The molecule has 1 aliphatic carbocycles. The predicted octanol–water partition coefficient (Wildman–Crippen LogP) is 5.17. The van der Waals surface area contributed by atoms with Crippen LogP contribution in [0.15, 0.2) is 0 Å². The van der Waals surface area contributed by atoms with Crippen LogP contribution in [0.2, 0.25) is 0 Å². The van der Waals surface area contributed by atoms with E-state index in [0.717, 1.165) is 0 Å². The summed E-state index contributed by atoms with van der Waals surface area (Å²) in [6, 6.07) is 0. The van der Waals surface area contributed by atoms with Crippen molar-refractivity contribution in [3.63, 3.8) is 0 Å². The second kappa shape index (κ2) is 4.68. The van der Waals surface area contributed by atoms with Gasteiger partial charge in [0.2, 0.25) is 0 Å². The smallest absolute Gasteiger partial charge is 0.0303 e. The summed E-state index contributed by atoms with van der Waals surface area (Å²) in [7, 11) is 0. The van der Waals surface area contributed by atoms with Crippen LogP contribution in [0.25, 0.3) is 0 Å². The number of hydrogen-bond donors (Lipinski definition) is 0. The monoisotopic (exact) mass is 196 g/mol. The summed E-state index contributed by atoms with van der Waals surface area (Å²) in [5.74, 6) is 0. The lowest BCUT2D eigenvalue weighted by atomic mass is 9.68. The molecule has 0 aromatic rings. The van der Waals surface area contributed by atoms with Crippen LogP contribution >= 0.6 is 0 Å². The van der Waals surface area contributed by atoms with Crippen molar-refractivity contribution in [2.45, 2.75) is 79.1 Å². The van der Waals surface area contributed by atoms with E-state index in [-0.39, 0.29) is 0 Å². The van der Waals surface area contributed by atoms with E-state index in [9.17, 15) is 0 Å². The highest BCUT2D eigenvalue weighted by Gasteiger charge is 2.30. The van der Waals surface area contributed by atoms with Crippen LogP contribution in [0.1, 0.15) is 79.1 Å². The van der Waals surface area contributed by atoms with Crippen LogP contribution in [0.4, 0.5) is 0 Å². The Morgan fingerprint density at radius 2 is 1.21 bits per heavy atom. The van der Waals surface area contributed by atoms with E-state index in [2.05, 4.69) is 27.7 Å². The van der Waals surface area contributed by atoms with E-state index in [4.69, 9.17) is 0 Å². The summed E-state index contributed by atoms with van der Waals surface area (Å²) in [5, 5.41) is 0. The highest BCUT2D eigenvalue weighted by molar-refractivity contribution is 4.82. The topological polar surface area (TPSA) is 0 Å². The largest absolute Gasteiger partial charge is 0.0649 e. The molecule has 1 aliphatic rings. The van der Waals surface area contributed by atoms with Gasteiger partial charge in [0.25, 0.3) is 0 Å². The lowest BCUT2D eigenvalue weighted by Crippen LogP contribution is -2.24. The summed E-state index contributed by atoms with van der Waals surface area (Å²) < 4.78 is 0. The summed E-state index contributed by atoms with van der Waals surface area (Å²) >= 11 is 0. The Bertz CT molecular complexity index is 149. The van der Waals surface area contributed by atoms with Crippen molar-refractivity contribution in [3.05, 3.63) is 0 Å². The predicted molar refractivity (Wildman–Crippen MR) is 64.5 cm³/mol. The molecule has 1 fully saturated rings. The molecule has 1 rings (SSSR count). The van der Waals surface area contributed by atoms with Gasteiger partial charge in [-0.2, -0.15) is 0 Å². The van der Waals surface area contributed by atoms with Gasteiger partial charge in [-0.05, 0) is 36.5 Å². The molecular formula is C14H28. The van der Waals surface area contributed by atoms with E-state index in [1.807, 2.05) is 0 Å². The molecule has 14 heavy (non-hydrogen) atoms. The summed E-state index contributed by atoms with van der Waals surface area (Å²) in [6.45, 7) is 9.66. The first-order valence-electron chi connectivity index (χ1n) is 6.54. The molecule has 84 valence electrons. The van der Waals surface area contributed by atoms with Crippen molar-refractivity contribution in [2.75, 3.05) is 0 Å². The fraction of sp³-hybridized carbons (Fsp3) is 1.00. The second-order valence-electron chi connectivity index (χ2n) is 6.08. The zero-order valence-corrected chi connectivity index (χ0v) is 10.7. The summed E-state index contributed by atoms with van der Waals surface area (Å²) in [5.41, 5.74) is 1.32. The van der Waals surface area contributed by atoms with Gasteiger partial charge in [0, 0.05) is 0 Å². The third-order valence-electron chi connectivity index (χ3n) is 4.62. The first-order chi connectivity index (χ1) is 6.54. The highest BCUT2D eigenvalue weighted by atomic mass is 14.4. The average molecular weight is 196 g/mol. The minimum Gasteiger partial charge on any atom is -0.0649 e. The van der Waals surface area contributed by atoms with Gasteiger partial charge in [0.05, 0.1) is 0 Å². The normalized spacial score (nSPS) is 26.6. The lowest BCUT2D eigenvalue weighted by molar-refractivity contribution is 0.148. The minimum absolute atomic E-state index is 0.619. The maximum absolute atomic E-state index is 2.44. The van der Waals surface area contributed by atoms with E-state index in [1.165, 1.54) is 51.4 Å². The molecule has 0 heteroatoms. The molecular weight excluding hydrogens is 168 g/mol. The maximum atomic E-state index is 2.44. The van der Waals surface area contributed by atoms with Gasteiger partial charge < -0.3 is 0 Å². The van der Waals surface area contributed by atoms with Gasteiger partial charge in [-0.25, -0.2) is 0 Å². The molecule has 0 radical (unpaired) electrons. The molecule has 1 saturated carbocycles. The van der Waals surface area contributed by atoms with E-state index in [0.29, 0.717) is 10.8 Å². The van der Waals surface area contributed by atoms with Gasteiger partial charge in [0.15, 0.2) is 0 Å². The average Bonchev–Trinajstić information content (AvgIpc) is 2.12. The molecule has 0 heterocycles. The van der Waals surface area contributed by atoms with Crippen molar-refractivity contribution in [3.8, 4) is 0 Å². The van der Waals surface area contributed by atoms with Gasteiger partial charge in [-0.1, -0.05) is 53.4 Å². The fourth-order valence-electron chi connectivity index (χ4n) is 3.09. The van der Waals surface area contributed by atoms with Crippen molar-refractivity contribution >= 4 is 0 Å². The third kappa shape index (κ3) is 3.00. The van der Waals surface area contributed by atoms with Crippen LogP contribution in [-0.4, -0.2) is 0 Å². The van der Waals surface area contributed by atoms with Gasteiger partial charge in [-0.15, -0.1) is 0 Å². The summed E-state index contributed by atoms with van der Waals surface area (Å²) in [4.78, 5) is 0. The van der Waals surface area contributed by atoms with Gasteiger partial charge >= 0.3 is 0 Å². The van der Waals surface area contributed by atoms with Crippen LogP contribution < -0.4 is 0 Å². The Hall–Kier alpha value is 0. The Balaban J connectivity index is 2.55. The molecule has 0 atom stereocenters. The Kier molecular flexibility index (Phi) is 4.04. The summed E-state index contributed by atoms with van der Waals surface area (Å²) in [6.07, 6.45) is 11.5. The first-order valence-corrected chi connectivity index (χ1v) is 6.54. The van der Waals surface area contributed by atoms with Crippen LogP contribution in [0.5, 0.6) is 0 Å². The Morgan fingerprint density at radius 3 is 1.57 bits per heavy atom. The molecule has 0 aromatic carbocycles. The molecule has 0 saturated heterocycles. The Labute approximate surface area is 90.5 Å². The second-order valence-corrected chi connectivity index (χ2v) is 6.08. The molecule has 0 aliphatic heterocycles. The number of rotatable bonds is 2. The minimum atomic E-state index is 0.619. The SMILES string of the molecule is CCC1(CC)CCCC(C)(C)CCC1. The van der Waals surface area contributed by atoms with Crippen molar-refractivity contribution in [1.82, 2.24) is 0 Å². The molecule has 0 bridgehead atoms. The molecule has 0 N–H and O–H groups in total. The molecule has 0 amide bonds. The zero-order chi connectivity index (χ0) is 10.7. The van der Waals surface area contributed by atoms with E-state index in [1.54, 1.807) is 0 Å². The Morgan fingerprint density at radius 1 is 0.786 bits per heavy atom. The van der Waals surface area contributed by atoms with Crippen LogP contribution in [0, 0.1) is 10.8 Å². The third-order valence-corrected chi connectivity index (χ3v) is 4.62. The molecule has 0 spiro atoms. The van der Waals surface area contributed by atoms with Gasteiger partial charge in [-0.3, -0.25) is 0 Å². The fourth-order valence-corrected chi connectivity index (χ4v) is 3.09. The first kappa shape index (κ1) is 12.1.